The maximum absolute atomic E-state index is 5.66. The lowest BCUT2D eigenvalue weighted by Gasteiger charge is -2.15. The third kappa shape index (κ3) is 3.52. The zero-order chi connectivity index (χ0) is 11.0. The summed E-state index contributed by atoms with van der Waals surface area (Å²) in [5.74, 6) is 0. The minimum absolute atomic E-state index is 0.409. The van der Waals surface area contributed by atoms with E-state index in [-0.39, 0.29) is 0 Å². The molecule has 0 saturated carbocycles. The van der Waals surface area contributed by atoms with Crippen molar-refractivity contribution in [2.24, 2.45) is 0 Å². The molecule has 0 bridgehead atoms. The molecule has 0 aliphatic carbocycles. The Kier molecular flexibility index (Phi) is 4.14. The minimum Gasteiger partial charge on any atom is -0.0784 e. The van der Waals surface area contributed by atoms with E-state index in [1.807, 2.05) is 0 Å². The fourth-order valence-electron chi connectivity index (χ4n) is 0.799. The molecule has 0 amide bonds. The first kappa shape index (κ1) is 13.0. The van der Waals surface area contributed by atoms with Crippen molar-refractivity contribution >= 4 is 69.6 Å². The molecule has 0 fully saturated rings. The highest BCUT2D eigenvalue weighted by molar-refractivity contribution is 6.67. The summed E-state index contributed by atoms with van der Waals surface area (Å²) in [4.78, 5) is 0. The topological polar surface area (TPSA) is 0 Å². The number of rotatable bonds is 0. The van der Waals surface area contributed by atoms with Gasteiger partial charge in [-0.2, -0.15) is 0 Å². The third-order valence-electron chi connectivity index (χ3n) is 1.44. The third-order valence-corrected chi connectivity index (χ3v) is 2.75. The van der Waals surface area contributed by atoms with Crippen LogP contribution in [-0.4, -0.2) is 0 Å². The second-order valence-corrected chi connectivity index (χ2v) is 7.07. The van der Waals surface area contributed by atoms with E-state index in [0.717, 1.165) is 0 Å². The first-order valence-electron chi connectivity index (χ1n) is 3.37. The molecule has 0 nitrogen and oxygen atoms in total. The van der Waals surface area contributed by atoms with E-state index < -0.39 is 7.59 Å². The van der Waals surface area contributed by atoms with Gasteiger partial charge in [-0.1, -0.05) is 69.6 Å². The van der Waals surface area contributed by atoms with Gasteiger partial charge in [0.05, 0.1) is 0 Å². The molecule has 6 heteroatoms. The van der Waals surface area contributed by atoms with Gasteiger partial charge >= 0.3 is 0 Å². The van der Waals surface area contributed by atoms with Crippen molar-refractivity contribution in [2.75, 3.05) is 0 Å². The molecule has 0 aliphatic rings. The van der Waals surface area contributed by atoms with Crippen LogP contribution in [0.4, 0.5) is 0 Å². The van der Waals surface area contributed by atoms with Gasteiger partial charge in [0.1, 0.15) is 0 Å². The van der Waals surface area contributed by atoms with E-state index in [1.165, 1.54) is 18.2 Å². The van der Waals surface area contributed by atoms with Crippen LogP contribution in [-0.2, 0) is 7.59 Å². The van der Waals surface area contributed by atoms with E-state index >= 15 is 0 Å². The van der Waals surface area contributed by atoms with Crippen LogP contribution in [0.1, 0.15) is 11.1 Å². The maximum atomic E-state index is 5.66. The SMILES string of the molecule is ClC(Cl)(Cl)c1c[c]cc(C(Cl)(Cl)Cl)c1. The largest absolute Gasteiger partial charge is 0.216 e. The van der Waals surface area contributed by atoms with Gasteiger partial charge in [0.2, 0.25) is 7.59 Å². The van der Waals surface area contributed by atoms with Crippen molar-refractivity contribution in [1.82, 2.24) is 0 Å². The molecule has 0 unspecified atom stereocenters. The smallest absolute Gasteiger partial charge is 0.0784 e. The van der Waals surface area contributed by atoms with Crippen LogP contribution in [0, 0.1) is 6.07 Å². The lowest BCUT2D eigenvalue weighted by atomic mass is 10.1. The molecular weight excluding hydrogens is 309 g/mol. The average Bonchev–Trinajstić information content (AvgIpc) is 2.01. The monoisotopic (exact) mass is 309 g/mol. The Hall–Kier alpha value is 0.960. The first-order chi connectivity index (χ1) is 6.21. The molecule has 0 spiro atoms. The molecule has 0 aromatic heterocycles. The predicted octanol–water partition coefficient (Wildman–Crippen LogP) is 5.14. The molecule has 0 N–H and O–H groups in total. The van der Waals surface area contributed by atoms with E-state index in [4.69, 9.17) is 69.6 Å². The van der Waals surface area contributed by atoms with Crippen molar-refractivity contribution in [1.29, 1.82) is 0 Å². The van der Waals surface area contributed by atoms with Crippen LogP contribution in [0.3, 0.4) is 0 Å². The standard InChI is InChI=1S/C8H3Cl6/c9-7(10,11)5-2-1-3-6(4-5)8(12,13)14/h2-4H. The van der Waals surface area contributed by atoms with Crippen LogP contribution >= 0.6 is 69.6 Å². The zero-order valence-electron chi connectivity index (χ0n) is 6.50. The highest BCUT2D eigenvalue weighted by atomic mass is 35.6. The molecule has 14 heavy (non-hydrogen) atoms. The predicted molar refractivity (Wildman–Crippen MR) is 63.8 cm³/mol. The van der Waals surface area contributed by atoms with Gasteiger partial charge in [0, 0.05) is 11.1 Å². The van der Waals surface area contributed by atoms with E-state index in [1.54, 1.807) is 0 Å². The fourth-order valence-corrected chi connectivity index (χ4v) is 1.45. The number of halogens is 6. The van der Waals surface area contributed by atoms with E-state index in [2.05, 4.69) is 6.07 Å². The quantitative estimate of drug-likeness (QED) is 0.582. The molecule has 1 aromatic carbocycles. The molecule has 0 atom stereocenters. The summed E-state index contributed by atoms with van der Waals surface area (Å²) in [6.45, 7) is 0. The van der Waals surface area contributed by atoms with Gasteiger partial charge in [-0.3, -0.25) is 0 Å². The number of benzene rings is 1. The summed E-state index contributed by atoms with van der Waals surface area (Å²) in [6.07, 6.45) is 0. The van der Waals surface area contributed by atoms with Crippen LogP contribution in [0.25, 0.3) is 0 Å². The lowest BCUT2D eigenvalue weighted by Crippen LogP contribution is -2.05. The highest BCUT2D eigenvalue weighted by Gasteiger charge is 2.27. The van der Waals surface area contributed by atoms with Gasteiger partial charge in [-0.15, -0.1) is 0 Å². The Balaban J connectivity index is 3.15. The Morgan fingerprint density at radius 3 is 1.43 bits per heavy atom. The van der Waals surface area contributed by atoms with E-state index in [0.29, 0.717) is 11.1 Å². The van der Waals surface area contributed by atoms with Gasteiger partial charge in [-0.05, 0) is 24.3 Å². The normalized spacial score (nSPS) is 13.0. The number of alkyl halides is 6. The molecular formula is C8H3Cl6. The van der Waals surface area contributed by atoms with Crippen molar-refractivity contribution in [2.45, 2.75) is 7.59 Å². The van der Waals surface area contributed by atoms with Crippen molar-refractivity contribution in [3.63, 3.8) is 0 Å². The van der Waals surface area contributed by atoms with Crippen LogP contribution in [0.5, 0.6) is 0 Å². The van der Waals surface area contributed by atoms with Gasteiger partial charge in [0.25, 0.3) is 0 Å². The van der Waals surface area contributed by atoms with Crippen molar-refractivity contribution < 1.29 is 0 Å². The molecule has 0 saturated heterocycles. The molecule has 1 radical (unpaired) electrons. The summed E-state index contributed by atoms with van der Waals surface area (Å²) in [5, 5.41) is 0. The van der Waals surface area contributed by atoms with Crippen molar-refractivity contribution in [3.8, 4) is 0 Å². The van der Waals surface area contributed by atoms with Gasteiger partial charge < -0.3 is 0 Å². The van der Waals surface area contributed by atoms with Gasteiger partial charge in [-0.25, -0.2) is 0 Å². The number of hydrogen-bond acceptors (Lipinski definition) is 0. The van der Waals surface area contributed by atoms with E-state index in [9.17, 15) is 0 Å². The average molecular weight is 312 g/mol. The fraction of sp³-hybridized carbons (Fsp3) is 0.250. The Morgan fingerprint density at radius 1 is 0.786 bits per heavy atom. The summed E-state index contributed by atoms with van der Waals surface area (Å²) in [5.41, 5.74) is 0.817. The second kappa shape index (κ2) is 4.45. The van der Waals surface area contributed by atoms with Crippen LogP contribution in [0.2, 0.25) is 0 Å². The lowest BCUT2D eigenvalue weighted by molar-refractivity contribution is 1.17. The van der Waals surface area contributed by atoms with Crippen LogP contribution in [0.15, 0.2) is 18.2 Å². The number of hydrogen-bond donors (Lipinski definition) is 0. The van der Waals surface area contributed by atoms with Crippen molar-refractivity contribution in [3.05, 3.63) is 35.4 Å². The summed E-state index contributed by atoms with van der Waals surface area (Å²) in [6, 6.07) is 7.29. The zero-order valence-corrected chi connectivity index (χ0v) is 11.0. The summed E-state index contributed by atoms with van der Waals surface area (Å²) < 4.78 is -3.08. The Bertz CT molecular complexity index is 292. The molecule has 0 heterocycles. The minimum atomic E-state index is -1.54. The molecule has 0 aliphatic heterocycles. The Morgan fingerprint density at radius 2 is 1.14 bits per heavy atom. The molecule has 1 rings (SSSR count). The van der Waals surface area contributed by atoms with Crippen LogP contribution < -0.4 is 0 Å². The molecule has 77 valence electrons. The molecule has 1 aromatic rings. The highest BCUT2D eigenvalue weighted by Crippen LogP contribution is 2.42. The Labute approximate surface area is 112 Å². The maximum Gasteiger partial charge on any atom is 0.216 e. The summed E-state index contributed by atoms with van der Waals surface area (Å²) in [7, 11) is 0. The first-order valence-corrected chi connectivity index (χ1v) is 5.63. The van der Waals surface area contributed by atoms with Gasteiger partial charge in [0.15, 0.2) is 0 Å². The summed E-state index contributed by atoms with van der Waals surface area (Å²) >= 11 is 34.0. The second-order valence-electron chi connectivity index (χ2n) is 2.51.